The minimum Gasteiger partial charge on any atom is -0.464 e. The molecule has 0 fully saturated rings. The summed E-state index contributed by atoms with van der Waals surface area (Å²) in [4.78, 5) is 0. The lowest BCUT2D eigenvalue weighted by atomic mass is 10.4. The van der Waals surface area contributed by atoms with Crippen molar-refractivity contribution < 1.29 is 9.15 Å². The van der Waals surface area contributed by atoms with Gasteiger partial charge in [0.1, 0.15) is 18.1 Å². The Hall–Kier alpha value is -0.800. The van der Waals surface area contributed by atoms with Crippen LogP contribution in [0.25, 0.3) is 0 Å². The van der Waals surface area contributed by atoms with E-state index in [0.717, 1.165) is 31.2 Å². The zero-order valence-electron chi connectivity index (χ0n) is 8.30. The Bertz CT molecular complexity index is 233. The lowest BCUT2D eigenvalue weighted by Crippen LogP contribution is -2.18. The predicted octanol–water partition coefficient (Wildman–Crippen LogP) is 1.71. The maximum absolute atomic E-state index is 5.38. The van der Waals surface area contributed by atoms with Crippen LogP contribution in [-0.4, -0.2) is 19.7 Å². The predicted molar refractivity (Wildman–Crippen MR) is 51.6 cm³/mol. The van der Waals surface area contributed by atoms with Crippen LogP contribution in [0.4, 0.5) is 0 Å². The molecule has 3 heteroatoms. The number of rotatable bonds is 6. The summed E-state index contributed by atoms with van der Waals surface area (Å²) >= 11 is 0. The number of nitrogens with one attached hydrogen (secondary N) is 1. The molecule has 0 amide bonds. The molecule has 0 saturated carbocycles. The van der Waals surface area contributed by atoms with Crippen LogP contribution in [-0.2, 0) is 11.3 Å². The Balaban J connectivity index is 2.06. The fourth-order valence-electron chi connectivity index (χ4n) is 1.06. The first kappa shape index (κ1) is 10.3. The lowest BCUT2D eigenvalue weighted by Gasteiger charge is -2.02. The second-order valence-corrected chi connectivity index (χ2v) is 2.92. The van der Waals surface area contributed by atoms with Crippen molar-refractivity contribution in [2.45, 2.75) is 20.5 Å². The molecule has 1 N–H and O–H groups in total. The minimum absolute atomic E-state index is 0.569. The Morgan fingerprint density at radius 2 is 2.31 bits per heavy atom. The van der Waals surface area contributed by atoms with Crippen molar-refractivity contribution in [3.8, 4) is 0 Å². The Morgan fingerprint density at radius 3 is 2.92 bits per heavy atom. The van der Waals surface area contributed by atoms with E-state index in [1.165, 1.54) is 0 Å². The molecule has 0 aliphatic heterocycles. The number of likely N-dealkylation sites (N-methyl/N-ethyl adjacent to an activating group) is 1. The van der Waals surface area contributed by atoms with Crippen LogP contribution in [0.2, 0.25) is 0 Å². The van der Waals surface area contributed by atoms with E-state index in [1.807, 2.05) is 19.1 Å². The highest BCUT2D eigenvalue weighted by molar-refractivity contribution is 5.04. The summed E-state index contributed by atoms with van der Waals surface area (Å²) in [5.41, 5.74) is 0. The molecule has 0 aliphatic rings. The molecular weight excluding hydrogens is 166 g/mol. The number of aryl methyl sites for hydroxylation is 1. The summed E-state index contributed by atoms with van der Waals surface area (Å²) in [6.45, 7) is 7.20. The molecule has 0 saturated heterocycles. The van der Waals surface area contributed by atoms with Gasteiger partial charge in [0.25, 0.3) is 0 Å². The van der Waals surface area contributed by atoms with Crippen LogP contribution in [0.5, 0.6) is 0 Å². The third-order valence-corrected chi connectivity index (χ3v) is 1.71. The van der Waals surface area contributed by atoms with Crippen LogP contribution < -0.4 is 5.32 Å². The molecule has 13 heavy (non-hydrogen) atoms. The average molecular weight is 183 g/mol. The smallest absolute Gasteiger partial charge is 0.129 e. The SMILES string of the molecule is CCNCCOCc1ccc(C)o1. The van der Waals surface area contributed by atoms with E-state index in [-0.39, 0.29) is 0 Å². The van der Waals surface area contributed by atoms with Crippen LogP contribution in [0.15, 0.2) is 16.5 Å². The summed E-state index contributed by atoms with van der Waals surface area (Å²) in [5, 5.41) is 3.18. The highest BCUT2D eigenvalue weighted by Gasteiger charge is 1.97. The molecule has 0 bridgehead atoms. The normalized spacial score (nSPS) is 10.6. The van der Waals surface area contributed by atoms with Crippen molar-refractivity contribution in [3.05, 3.63) is 23.7 Å². The van der Waals surface area contributed by atoms with Gasteiger partial charge in [-0.05, 0) is 25.6 Å². The first-order valence-electron chi connectivity index (χ1n) is 4.66. The molecule has 0 radical (unpaired) electrons. The molecule has 1 aromatic rings. The van der Waals surface area contributed by atoms with Crippen molar-refractivity contribution in [1.29, 1.82) is 0 Å². The summed E-state index contributed by atoms with van der Waals surface area (Å²) in [6, 6.07) is 3.89. The van der Waals surface area contributed by atoms with Crippen LogP contribution in [0.3, 0.4) is 0 Å². The first-order chi connectivity index (χ1) is 6.33. The zero-order valence-corrected chi connectivity index (χ0v) is 8.30. The summed E-state index contributed by atoms with van der Waals surface area (Å²) in [7, 11) is 0. The van der Waals surface area contributed by atoms with Crippen molar-refractivity contribution in [2.75, 3.05) is 19.7 Å². The quantitative estimate of drug-likeness (QED) is 0.682. The van der Waals surface area contributed by atoms with E-state index in [4.69, 9.17) is 9.15 Å². The monoisotopic (exact) mass is 183 g/mol. The van der Waals surface area contributed by atoms with Gasteiger partial charge in [0.2, 0.25) is 0 Å². The van der Waals surface area contributed by atoms with Gasteiger partial charge in [-0.25, -0.2) is 0 Å². The fourth-order valence-corrected chi connectivity index (χ4v) is 1.06. The van der Waals surface area contributed by atoms with E-state index in [2.05, 4.69) is 12.2 Å². The molecule has 0 unspecified atom stereocenters. The maximum atomic E-state index is 5.38. The fraction of sp³-hybridized carbons (Fsp3) is 0.600. The largest absolute Gasteiger partial charge is 0.464 e. The second-order valence-electron chi connectivity index (χ2n) is 2.92. The molecule has 0 aliphatic carbocycles. The zero-order chi connectivity index (χ0) is 9.52. The number of ether oxygens (including phenoxy) is 1. The molecule has 3 nitrogen and oxygen atoms in total. The second kappa shape index (κ2) is 5.78. The van der Waals surface area contributed by atoms with Crippen molar-refractivity contribution >= 4 is 0 Å². The minimum atomic E-state index is 0.569. The third-order valence-electron chi connectivity index (χ3n) is 1.71. The molecule has 0 aromatic carbocycles. The number of hydrogen-bond donors (Lipinski definition) is 1. The van der Waals surface area contributed by atoms with E-state index >= 15 is 0 Å². The van der Waals surface area contributed by atoms with Gasteiger partial charge in [-0.3, -0.25) is 0 Å². The topological polar surface area (TPSA) is 34.4 Å². The number of furan rings is 1. The van der Waals surface area contributed by atoms with Gasteiger partial charge < -0.3 is 14.5 Å². The van der Waals surface area contributed by atoms with Gasteiger partial charge in [-0.15, -0.1) is 0 Å². The molecule has 1 aromatic heterocycles. The Kier molecular flexibility index (Phi) is 4.57. The van der Waals surface area contributed by atoms with Crippen molar-refractivity contribution in [3.63, 3.8) is 0 Å². The van der Waals surface area contributed by atoms with E-state index in [1.54, 1.807) is 0 Å². The molecule has 1 heterocycles. The molecule has 0 atom stereocenters. The maximum Gasteiger partial charge on any atom is 0.129 e. The lowest BCUT2D eigenvalue weighted by molar-refractivity contribution is 0.108. The average Bonchev–Trinajstić information content (AvgIpc) is 2.51. The summed E-state index contributed by atoms with van der Waals surface area (Å²) < 4.78 is 10.7. The van der Waals surface area contributed by atoms with Crippen molar-refractivity contribution in [2.24, 2.45) is 0 Å². The van der Waals surface area contributed by atoms with Gasteiger partial charge in [0.15, 0.2) is 0 Å². The third kappa shape index (κ3) is 4.10. The number of hydrogen-bond acceptors (Lipinski definition) is 3. The molecule has 74 valence electrons. The molecule has 1 rings (SSSR count). The standard InChI is InChI=1S/C10H17NO2/c1-3-11-6-7-12-8-10-5-4-9(2)13-10/h4-5,11H,3,6-8H2,1-2H3. The van der Waals surface area contributed by atoms with Gasteiger partial charge in [0, 0.05) is 6.54 Å². The highest BCUT2D eigenvalue weighted by atomic mass is 16.5. The molecular formula is C10H17NO2. The Labute approximate surface area is 79.1 Å². The highest BCUT2D eigenvalue weighted by Crippen LogP contribution is 2.06. The first-order valence-corrected chi connectivity index (χ1v) is 4.66. The van der Waals surface area contributed by atoms with Crippen LogP contribution >= 0.6 is 0 Å². The van der Waals surface area contributed by atoms with E-state index < -0.39 is 0 Å². The van der Waals surface area contributed by atoms with E-state index in [9.17, 15) is 0 Å². The van der Waals surface area contributed by atoms with Crippen molar-refractivity contribution in [1.82, 2.24) is 5.32 Å². The van der Waals surface area contributed by atoms with Crippen LogP contribution in [0.1, 0.15) is 18.4 Å². The molecule has 0 spiro atoms. The van der Waals surface area contributed by atoms with Crippen LogP contribution in [0, 0.1) is 6.92 Å². The van der Waals surface area contributed by atoms with Gasteiger partial charge in [-0.1, -0.05) is 6.92 Å². The Morgan fingerprint density at radius 1 is 1.46 bits per heavy atom. The summed E-state index contributed by atoms with van der Waals surface area (Å²) in [6.07, 6.45) is 0. The van der Waals surface area contributed by atoms with Gasteiger partial charge >= 0.3 is 0 Å². The van der Waals surface area contributed by atoms with Gasteiger partial charge in [0.05, 0.1) is 6.61 Å². The van der Waals surface area contributed by atoms with E-state index in [0.29, 0.717) is 6.61 Å². The van der Waals surface area contributed by atoms with Gasteiger partial charge in [-0.2, -0.15) is 0 Å². The summed E-state index contributed by atoms with van der Waals surface area (Å²) in [5.74, 6) is 1.83.